The Labute approximate surface area is 112 Å². The molecule has 0 radical (unpaired) electrons. The Hall–Kier alpha value is -1.49. The molecule has 5 heteroatoms. The molecule has 0 aromatic carbocycles. The van der Waals surface area contributed by atoms with E-state index in [9.17, 15) is 9.90 Å². The molecule has 2 heterocycles. The highest BCUT2D eigenvalue weighted by Crippen LogP contribution is 2.47. The van der Waals surface area contributed by atoms with Crippen LogP contribution in [0, 0.1) is 6.92 Å². The van der Waals surface area contributed by atoms with Crippen molar-refractivity contribution in [2.24, 2.45) is 0 Å². The van der Waals surface area contributed by atoms with Crippen LogP contribution in [0.4, 0.5) is 0 Å². The molecule has 0 spiro atoms. The lowest BCUT2D eigenvalue weighted by atomic mass is 9.95. The highest BCUT2D eigenvalue weighted by Gasteiger charge is 2.54. The van der Waals surface area contributed by atoms with Gasteiger partial charge in [0.05, 0.1) is 0 Å². The summed E-state index contributed by atoms with van der Waals surface area (Å²) >= 11 is 0. The average Bonchev–Trinajstić information content (AvgIpc) is 3.20. The summed E-state index contributed by atoms with van der Waals surface area (Å²) in [5.74, 6) is 0.0799. The second-order valence-electron chi connectivity index (χ2n) is 5.53. The predicted octanol–water partition coefficient (Wildman–Crippen LogP) is 1.80. The number of carboxylic acid groups (broad SMARTS) is 1. The van der Waals surface area contributed by atoms with Crippen molar-refractivity contribution >= 4 is 5.97 Å². The van der Waals surface area contributed by atoms with Crippen LogP contribution in [0.25, 0.3) is 0 Å². The smallest absolute Gasteiger partial charge is 0.317 e. The molecule has 1 aliphatic carbocycles. The van der Waals surface area contributed by atoms with E-state index in [1.807, 2.05) is 13.0 Å². The number of nitrogens with zero attached hydrogens (tertiary/aromatic N) is 2. The second-order valence-corrected chi connectivity index (χ2v) is 5.53. The first-order valence-corrected chi connectivity index (χ1v) is 6.79. The number of hydrogen-bond donors (Lipinski definition) is 1. The lowest BCUT2D eigenvalue weighted by Gasteiger charge is -2.22. The summed E-state index contributed by atoms with van der Waals surface area (Å²) in [5.41, 5.74) is 1.03. The summed E-state index contributed by atoms with van der Waals surface area (Å²) in [7, 11) is 0. The van der Waals surface area contributed by atoms with Gasteiger partial charge in [0.1, 0.15) is 11.2 Å². The first-order valence-electron chi connectivity index (χ1n) is 6.79. The average molecular weight is 262 g/mol. The molecule has 2 aliphatic rings. The Bertz CT molecular complexity index is 505. The number of aliphatic carboxylic acids is 1. The van der Waals surface area contributed by atoms with E-state index in [0.717, 1.165) is 37.4 Å². The standard InChI is InChI=1S/C14H18N2O3/c1-9-8-11(10-2-6-19-7-3-10)16-12(15-9)14(4-5-14)13(17)18/h8,10H,2-7H2,1H3,(H,17,18). The van der Waals surface area contributed by atoms with Crippen LogP contribution >= 0.6 is 0 Å². The number of hydrogen-bond acceptors (Lipinski definition) is 4. The van der Waals surface area contributed by atoms with E-state index < -0.39 is 11.4 Å². The highest BCUT2D eigenvalue weighted by atomic mass is 16.5. The maximum atomic E-state index is 11.4. The highest BCUT2D eigenvalue weighted by molar-refractivity contribution is 5.83. The third-order valence-electron chi connectivity index (χ3n) is 4.10. The van der Waals surface area contributed by atoms with Crippen molar-refractivity contribution in [2.75, 3.05) is 13.2 Å². The monoisotopic (exact) mass is 262 g/mol. The molecule has 1 aromatic rings. The van der Waals surface area contributed by atoms with Crippen molar-refractivity contribution in [3.8, 4) is 0 Å². The number of carbonyl (C=O) groups is 1. The fourth-order valence-electron chi connectivity index (χ4n) is 2.67. The molecular formula is C14H18N2O3. The number of aryl methyl sites for hydroxylation is 1. The van der Waals surface area contributed by atoms with Crippen LogP contribution in [0.15, 0.2) is 6.07 Å². The van der Waals surface area contributed by atoms with E-state index in [1.54, 1.807) is 0 Å². The first kappa shape index (κ1) is 12.5. The van der Waals surface area contributed by atoms with E-state index in [2.05, 4.69) is 9.97 Å². The van der Waals surface area contributed by atoms with E-state index in [-0.39, 0.29) is 0 Å². The van der Waals surface area contributed by atoms with Gasteiger partial charge in [-0.25, -0.2) is 9.97 Å². The summed E-state index contributed by atoms with van der Waals surface area (Å²) < 4.78 is 5.36. The molecule has 3 rings (SSSR count). The van der Waals surface area contributed by atoms with Crippen LogP contribution in [0.3, 0.4) is 0 Å². The topological polar surface area (TPSA) is 72.3 Å². The zero-order valence-corrected chi connectivity index (χ0v) is 11.1. The van der Waals surface area contributed by atoms with Gasteiger partial charge in [0.25, 0.3) is 0 Å². The van der Waals surface area contributed by atoms with E-state index in [4.69, 9.17) is 4.74 Å². The minimum absolute atomic E-state index is 0.374. The fourth-order valence-corrected chi connectivity index (χ4v) is 2.67. The van der Waals surface area contributed by atoms with Crippen LogP contribution in [0.2, 0.25) is 0 Å². The normalized spacial score (nSPS) is 22.2. The number of aromatic nitrogens is 2. The van der Waals surface area contributed by atoms with E-state index in [1.165, 1.54) is 0 Å². The lowest BCUT2D eigenvalue weighted by Crippen LogP contribution is -2.24. The third kappa shape index (κ3) is 2.23. The predicted molar refractivity (Wildman–Crippen MR) is 68.1 cm³/mol. The molecule has 1 aliphatic heterocycles. The SMILES string of the molecule is Cc1cc(C2CCOCC2)nc(C2(C(=O)O)CC2)n1. The lowest BCUT2D eigenvalue weighted by molar-refractivity contribution is -0.140. The van der Waals surface area contributed by atoms with Gasteiger partial charge >= 0.3 is 5.97 Å². The Morgan fingerprint density at radius 1 is 1.37 bits per heavy atom. The molecule has 0 atom stereocenters. The third-order valence-corrected chi connectivity index (χ3v) is 4.10. The van der Waals surface area contributed by atoms with Gasteiger partial charge < -0.3 is 9.84 Å². The van der Waals surface area contributed by atoms with Crippen molar-refractivity contribution in [3.63, 3.8) is 0 Å². The minimum atomic E-state index is -0.814. The molecule has 0 amide bonds. The van der Waals surface area contributed by atoms with Gasteiger partial charge in [0, 0.05) is 30.5 Å². The van der Waals surface area contributed by atoms with Gasteiger partial charge in [-0.2, -0.15) is 0 Å². The van der Waals surface area contributed by atoms with Crippen LogP contribution in [0.5, 0.6) is 0 Å². The summed E-state index contributed by atoms with van der Waals surface area (Å²) in [6.45, 7) is 3.42. The van der Waals surface area contributed by atoms with Gasteiger partial charge in [0.2, 0.25) is 0 Å². The van der Waals surface area contributed by atoms with E-state index in [0.29, 0.717) is 24.6 Å². The number of rotatable bonds is 3. The molecule has 0 unspecified atom stereocenters. The number of ether oxygens (including phenoxy) is 1. The van der Waals surface area contributed by atoms with Crippen molar-refractivity contribution in [1.29, 1.82) is 0 Å². The quantitative estimate of drug-likeness (QED) is 0.899. The zero-order chi connectivity index (χ0) is 13.5. The van der Waals surface area contributed by atoms with Crippen molar-refractivity contribution in [1.82, 2.24) is 9.97 Å². The Balaban J connectivity index is 1.94. The molecule has 2 fully saturated rings. The van der Waals surface area contributed by atoms with Crippen molar-refractivity contribution < 1.29 is 14.6 Å². The maximum Gasteiger partial charge on any atom is 0.317 e. The van der Waals surface area contributed by atoms with Crippen LogP contribution < -0.4 is 0 Å². The van der Waals surface area contributed by atoms with Crippen LogP contribution in [-0.2, 0) is 14.9 Å². The van der Waals surface area contributed by atoms with Crippen molar-refractivity contribution in [3.05, 3.63) is 23.3 Å². The summed E-state index contributed by atoms with van der Waals surface area (Å²) in [6, 6.07) is 1.98. The Morgan fingerprint density at radius 3 is 2.63 bits per heavy atom. The molecule has 1 saturated carbocycles. The molecule has 5 nitrogen and oxygen atoms in total. The largest absolute Gasteiger partial charge is 0.480 e. The summed E-state index contributed by atoms with van der Waals surface area (Å²) in [6.07, 6.45) is 3.21. The number of carboxylic acids is 1. The molecule has 1 saturated heterocycles. The fraction of sp³-hybridized carbons (Fsp3) is 0.643. The molecule has 1 aromatic heterocycles. The molecule has 1 N–H and O–H groups in total. The van der Waals surface area contributed by atoms with Gasteiger partial charge in [-0.3, -0.25) is 4.79 Å². The molecule has 19 heavy (non-hydrogen) atoms. The van der Waals surface area contributed by atoms with Gasteiger partial charge in [-0.1, -0.05) is 0 Å². The van der Waals surface area contributed by atoms with Gasteiger partial charge in [-0.05, 0) is 38.7 Å². The zero-order valence-electron chi connectivity index (χ0n) is 11.1. The minimum Gasteiger partial charge on any atom is -0.480 e. The first-order chi connectivity index (χ1) is 9.12. The second kappa shape index (κ2) is 4.56. The summed E-state index contributed by atoms with van der Waals surface area (Å²) in [5, 5.41) is 9.35. The maximum absolute atomic E-state index is 11.4. The summed E-state index contributed by atoms with van der Waals surface area (Å²) in [4.78, 5) is 20.3. The van der Waals surface area contributed by atoms with E-state index >= 15 is 0 Å². The molecule has 0 bridgehead atoms. The molecular weight excluding hydrogens is 244 g/mol. The van der Waals surface area contributed by atoms with Crippen LogP contribution in [-0.4, -0.2) is 34.3 Å². The Morgan fingerprint density at radius 2 is 2.05 bits per heavy atom. The van der Waals surface area contributed by atoms with Gasteiger partial charge in [0.15, 0.2) is 0 Å². The Kier molecular flexibility index (Phi) is 3.01. The van der Waals surface area contributed by atoms with Gasteiger partial charge in [-0.15, -0.1) is 0 Å². The van der Waals surface area contributed by atoms with Crippen molar-refractivity contribution in [2.45, 2.75) is 43.9 Å². The molecule has 102 valence electrons. The van der Waals surface area contributed by atoms with Crippen LogP contribution in [0.1, 0.15) is 48.8 Å².